The molecule has 0 unspecified atom stereocenters. The molecule has 1 heterocycles. The van der Waals surface area contributed by atoms with Gasteiger partial charge in [-0.05, 0) is 6.07 Å². The van der Waals surface area contributed by atoms with Crippen LogP contribution in [0.4, 0.5) is 0 Å². The van der Waals surface area contributed by atoms with Crippen LogP contribution in [0.5, 0.6) is 0 Å². The van der Waals surface area contributed by atoms with E-state index in [1.165, 1.54) is 10.8 Å². The molecule has 0 N–H and O–H groups in total. The van der Waals surface area contributed by atoms with Crippen molar-refractivity contribution in [3.05, 3.63) is 12.3 Å². The van der Waals surface area contributed by atoms with Crippen molar-refractivity contribution in [3.63, 3.8) is 0 Å². The van der Waals surface area contributed by atoms with Crippen LogP contribution in [0.2, 0.25) is 0 Å². The highest BCUT2D eigenvalue weighted by molar-refractivity contribution is 8.70. The van der Waals surface area contributed by atoms with Crippen molar-refractivity contribution in [1.29, 1.82) is 0 Å². The predicted octanol–water partition coefficient (Wildman–Crippen LogP) is 2.05. The van der Waals surface area contributed by atoms with Crippen LogP contribution in [-0.4, -0.2) is 14.9 Å². The molecule has 0 aromatic carbocycles. The molecule has 0 fully saturated rings. The first-order chi connectivity index (χ1) is 4.83. The second-order valence-corrected chi connectivity index (χ2v) is 4.40. The van der Waals surface area contributed by atoms with E-state index in [1.807, 2.05) is 19.3 Å². The topological polar surface area (TPSA) is 17.8 Å². The maximum atomic E-state index is 4.18. The van der Waals surface area contributed by atoms with E-state index in [-0.39, 0.29) is 0 Å². The third kappa shape index (κ3) is 2.48. The molecule has 10 heavy (non-hydrogen) atoms. The maximum Gasteiger partial charge on any atom is 0.119 e. The molecule has 0 amide bonds. The fraction of sp³-hybridized carbons (Fsp3) is 0.400. The smallest absolute Gasteiger partial charge is 0.119 e. The molecular formula is C5H8N2S3. The van der Waals surface area contributed by atoms with Gasteiger partial charge in [-0.3, -0.25) is 4.68 Å². The van der Waals surface area contributed by atoms with E-state index in [9.17, 15) is 0 Å². The molecule has 1 aromatic rings. The molecular weight excluding hydrogens is 184 g/mol. The van der Waals surface area contributed by atoms with Crippen molar-refractivity contribution in [3.8, 4) is 0 Å². The summed E-state index contributed by atoms with van der Waals surface area (Å²) in [5, 5.41) is 6.18. The Kier molecular flexibility index (Phi) is 3.51. The summed E-state index contributed by atoms with van der Waals surface area (Å²) in [6.45, 7) is 0. The van der Waals surface area contributed by atoms with Gasteiger partial charge in [-0.1, -0.05) is 22.6 Å². The van der Waals surface area contributed by atoms with Crippen LogP contribution in [0.1, 0.15) is 0 Å². The highest BCUT2D eigenvalue weighted by Crippen LogP contribution is 2.21. The number of thioether (sulfide) groups is 1. The van der Waals surface area contributed by atoms with E-state index >= 15 is 0 Å². The summed E-state index contributed by atoms with van der Waals surface area (Å²) < 4.78 is 1.80. The molecule has 0 saturated heterocycles. The van der Waals surface area contributed by atoms with E-state index in [4.69, 9.17) is 0 Å². The Morgan fingerprint density at radius 1 is 1.80 bits per heavy atom. The average Bonchev–Trinajstić information content (AvgIpc) is 2.31. The van der Waals surface area contributed by atoms with Gasteiger partial charge >= 0.3 is 0 Å². The molecule has 0 saturated carbocycles. The van der Waals surface area contributed by atoms with Gasteiger partial charge in [0.1, 0.15) is 5.03 Å². The second-order valence-electron chi connectivity index (χ2n) is 1.72. The van der Waals surface area contributed by atoms with Gasteiger partial charge in [-0.15, -0.1) is 11.7 Å². The van der Waals surface area contributed by atoms with Gasteiger partial charge < -0.3 is 0 Å². The number of hydrogen-bond acceptors (Lipinski definition) is 4. The van der Waals surface area contributed by atoms with Crippen molar-refractivity contribution in [2.75, 3.05) is 5.08 Å². The van der Waals surface area contributed by atoms with E-state index in [0.717, 1.165) is 10.1 Å². The number of rotatable bonds is 3. The normalized spacial score (nSPS) is 10.2. The number of hydrogen-bond donors (Lipinski definition) is 1. The zero-order chi connectivity index (χ0) is 7.40. The van der Waals surface area contributed by atoms with E-state index in [1.54, 1.807) is 16.4 Å². The molecule has 5 heteroatoms. The first-order valence-electron chi connectivity index (χ1n) is 2.72. The minimum Gasteiger partial charge on any atom is -0.275 e. The summed E-state index contributed by atoms with van der Waals surface area (Å²) in [6.07, 6.45) is 1.94. The molecule has 0 aliphatic carbocycles. The SMILES string of the molecule is Cn1ccc(SCSS)n1. The molecule has 0 radical (unpaired) electrons. The number of aromatic nitrogens is 2. The lowest BCUT2D eigenvalue weighted by Gasteiger charge is -1.90. The highest BCUT2D eigenvalue weighted by atomic mass is 33.1. The van der Waals surface area contributed by atoms with E-state index in [0.29, 0.717) is 0 Å². The fourth-order valence-corrected chi connectivity index (χ4v) is 2.07. The number of nitrogens with zero attached hydrogens (tertiary/aromatic N) is 2. The molecule has 0 aliphatic rings. The molecule has 0 bridgehead atoms. The molecule has 0 atom stereocenters. The first-order valence-corrected chi connectivity index (χ1v) is 5.74. The zero-order valence-electron chi connectivity index (χ0n) is 5.52. The van der Waals surface area contributed by atoms with E-state index in [2.05, 4.69) is 16.8 Å². The van der Waals surface area contributed by atoms with Crippen molar-refractivity contribution < 1.29 is 0 Å². The van der Waals surface area contributed by atoms with Gasteiger partial charge in [-0.25, -0.2) is 0 Å². The van der Waals surface area contributed by atoms with Crippen molar-refractivity contribution in [2.45, 2.75) is 5.03 Å². The van der Waals surface area contributed by atoms with Gasteiger partial charge in [-0.2, -0.15) is 5.10 Å². The lowest BCUT2D eigenvalue weighted by Crippen LogP contribution is -1.86. The van der Waals surface area contributed by atoms with Crippen LogP contribution in [0.25, 0.3) is 0 Å². The summed E-state index contributed by atoms with van der Waals surface area (Å²) in [7, 11) is 3.43. The second kappa shape index (κ2) is 4.20. The van der Waals surface area contributed by atoms with Crippen molar-refractivity contribution in [2.24, 2.45) is 7.05 Å². The van der Waals surface area contributed by atoms with Crippen LogP contribution in [0.3, 0.4) is 0 Å². The molecule has 1 rings (SSSR count). The molecule has 0 aliphatic heterocycles. The summed E-state index contributed by atoms with van der Waals surface area (Å²) >= 11 is 5.71. The Bertz CT molecular complexity index is 199. The zero-order valence-corrected chi connectivity index (χ0v) is 8.05. The standard InChI is InChI=1S/C5H8N2S3/c1-7-3-2-5(6-7)9-4-10-8/h2-3,8H,4H2,1H3. The van der Waals surface area contributed by atoms with Gasteiger partial charge in [0.25, 0.3) is 0 Å². The summed E-state index contributed by atoms with van der Waals surface area (Å²) in [5.74, 6) is 0. The third-order valence-electron chi connectivity index (χ3n) is 0.949. The highest BCUT2D eigenvalue weighted by Gasteiger charge is 1.94. The molecule has 0 spiro atoms. The van der Waals surface area contributed by atoms with Crippen molar-refractivity contribution in [1.82, 2.24) is 9.78 Å². The third-order valence-corrected chi connectivity index (χ3v) is 3.30. The number of aryl methyl sites for hydroxylation is 1. The van der Waals surface area contributed by atoms with Gasteiger partial charge in [0.15, 0.2) is 0 Å². The summed E-state index contributed by atoms with van der Waals surface area (Å²) in [6, 6.07) is 1.99. The van der Waals surface area contributed by atoms with Crippen LogP contribution in [0.15, 0.2) is 17.3 Å². The Labute approximate surface area is 73.6 Å². The van der Waals surface area contributed by atoms with Crippen LogP contribution in [-0.2, 0) is 7.05 Å². The van der Waals surface area contributed by atoms with Crippen LogP contribution >= 0.6 is 34.2 Å². The fourth-order valence-electron chi connectivity index (χ4n) is 0.557. The predicted molar refractivity (Wildman–Crippen MR) is 50.5 cm³/mol. The van der Waals surface area contributed by atoms with Gasteiger partial charge in [0.2, 0.25) is 0 Å². The first kappa shape index (κ1) is 8.36. The largest absolute Gasteiger partial charge is 0.275 e. The Morgan fingerprint density at radius 3 is 3.10 bits per heavy atom. The monoisotopic (exact) mass is 192 g/mol. The van der Waals surface area contributed by atoms with Gasteiger partial charge in [0.05, 0.1) is 5.08 Å². The lowest BCUT2D eigenvalue weighted by atomic mass is 10.7. The minimum absolute atomic E-state index is 0.945. The average molecular weight is 192 g/mol. The Hall–Kier alpha value is 0.260. The van der Waals surface area contributed by atoms with Crippen molar-refractivity contribution >= 4 is 34.2 Å². The number of thiol groups is 1. The maximum absolute atomic E-state index is 4.18. The molecule has 1 aromatic heterocycles. The lowest BCUT2D eigenvalue weighted by molar-refractivity contribution is 0.738. The minimum atomic E-state index is 0.945. The Morgan fingerprint density at radius 2 is 2.60 bits per heavy atom. The van der Waals surface area contributed by atoms with E-state index < -0.39 is 0 Å². The van der Waals surface area contributed by atoms with Gasteiger partial charge in [0, 0.05) is 13.2 Å². The molecule has 2 nitrogen and oxygen atoms in total. The summed E-state index contributed by atoms with van der Waals surface area (Å²) in [4.78, 5) is 0. The molecule has 56 valence electrons. The Balaban J connectivity index is 2.42. The van der Waals surface area contributed by atoms with Crippen LogP contribution < -0.4 is 0 Å². The van der Waals surface area contributed by atoms with Crippen LogP contribution in [0, 0.1) is 0 Å². The summed E-state index contributed by atoms with van der Waals surface area (Å²) in [5.41, 5.74) is 0. The quantitative estimate of drug-likeness (QED) is 0.342.